The molecule has 1 aromatic rings. The lowest BCUT2D eigenvalue weighted by molar-refractivity contribution is -0.0401. The van der Waals surface area contributed by atoms with Gasteiger partial charge in [0.25, 0.3) is 0 Å². The summed E-state index contributed by atoms with van der Waals surface area (Å²) >= 11 is 0. The fourth-order valence-corrected chi connectivity index (χ4v) is 0.538. The summed E-state index contributed by atoms with van der Waals surface area (Å²) in [5.41, 5.74) is 0.775. The van der Waals surface area contributed by atoms with Gasteiger partial charge in [0.15, 0.2) is 6.39 Å². The lowest BCUT2D eigenvalue weighted by atomic mass is 10.5. The molecular formula is C6H9NO3. The van der Waals surface area contributed by atoms with Crippen LogP contribution in [0.3, 0.4) is 0 Å². The van der Waals surface area contributed by atoms with Crippen molar-refractivity contribution >= 4 is 0 Å². The van der Waals surface area contributed by atoms with Gasteiger partial charge in [-0.2, -0.15) is 0 Å². The van der Waals surface area contributed by atoms with Crippen molar-refractivity contribution in [3.8, 4) is 0 Å². The van der Waals surface area contributed by atoms with E-state index in [1.54, 1.807) is 7.11 Å². The maximum Gasteiger partial charge on any atom is 0.180 e. The molecule has 4 nitrogen and oxygen atoms in total. The number of nitrogens with zero attached hydrogens (tertiary/aromatic N) is 1. The number of hydrogen-bond donors (Lipinski definition) is 0. The monoisotopic (exact) mass is 143 g/mol. The normalized spacial score (nSPS) is 10.1. The molecule has 10 heavy (non-hydrogen) atoms. The van der Waals surface area contributed by atoms with Gasteiger partial charge in [0.2, 0.25) is 0 Å². The minimum atomic E-state index is 0.285. The van der Waals surface area contributed by atoms with E-state index in [0.29, 0.717) is 6.61 Å². The van der Waals surface area contributed by atoms with Crippen LogP contribution in [0, 0.1) is 0 Å². The van der Waals surface area contributed by atoms with Gasteiger partial charge in [-0.25, -0.2) is 4.98 Å². The van der Waals surface area contributed by atoms with Gasteiger partial charge in [0, 0.05) is 7.11 Å². The quantitative estimate of drug-likeness (QED) is 0.461. The second-order valence-electron chi connectivity index (χ2n) is 1.73. The Kier molecular flexibility index (Phi) is 2.92. The highest BCUT2D eigenvalue weighted by molar-refractivity contribution is 4.87. The van der Waals surface area contributed by atoms with Gasteiger partial charge in [-0.15, -0.1) is 0 Å². The van der Waals surface area contributed by atoms with Crippen molar-refractivity contribution in [1.82, 2.24) is 4.98 Å². The Morgan fingerprint density at radius 3 is 3.20 bits per heavy atom. The summed E-state index contributed by atoms with van der Waals surface area (Å²) in [5.74, 6) is 0. The molecule has 0 saturated heterocycles. The first-order valence-corrected chi connectivity index (χ1v) is 2.87. The van der Waals surface area contributed by atoms with Gasteiger partial charge in [-0.1, -0.05) is 0 Å². The zero-order chi connectivity index (χ0) is 7.23. The Hall–Kier alpha value is -0.870. The smallest absolute Gasteiger partial charge is 0.180 e. The second-order valence-corrected chi connectivity index (χ2v) is 1.73. The third-order valence-electron chi connectivity index (χ3n) is 0.935. The van der Waals surface area contributed by atoms with Crippen molar-refractivity contribution in [2.24, 2.45) is 0 Å². The Labute approximate surface area is 58.8 Å². The molecule has 1 rings (SSSR count). The van der Waals surface area contributed by atoms with Gasteiger partial charge < -0.3 is 13.9 Å². The van der Waals surface area contributed by atoms with Crippen LogP contribution in [0.4, 0.5) is 0 Å². The van der Waals surface area contributed by atoms with E-state index >= 15 is 0 Å². The molecule has 0 N–H and O–H groups in total. The molecule has 1 aromatic heterocycles. The predicted molar refractivity (Wildman–Crippen MR) is 33.2 cm³/mol. The number of oxazole rings is 1. The molecule has 0 fully saturated rings. The van der Waals surface area contributed by atoms with Crippen LogP contribution in [0.25, 0.3) is 0 Å². The van der Waals surface area contributed by atoms with E-state index in [1.807, 2.05) is 0 Å². The van der Waals surface area contributed by atoms with Crippen LogP contribution < -0.4 is 0 Å². The Balaban J connectivity index is 2.15. The zero-order valence-corrected chi connectivity index (χ0v) is 5.74. The van der Waals surface area contributed by atoms with Crippen molar-refractivity contribution < 1.29 is 13.9 Å². The molecule has 0 aliphatic heterocycles. The minimum absolute atomic E-state index is 0.285. The molecule has 0 saturated carbocycles. The van der Waals surface area contributed by atoms with E-state index < -0.39 is 0 Å². The summed E-state index contributed by atoms with van der Waals surface area (Å²) in [6, 6.07) is 0. The van der Waals surface area contributed by atoms with Crippen LogP contribution in [-0.2, 0) is 16.1 Å². The number of rotatable bonds is 4. The molecule has 0 aliphatic carbocycles. The van der Waals surface area contributed by atoms with Gasteiger partial charge in [-0.05, 0) is 0 Å². The summed E-state index contributed by atoms with van der Waals surface area (Å²) in [6.07, 6.45) is 2.90. The maximum absolute atomic E-state index is 4.98. The molecule has 56 valence electrons. The summed E-state index contributed by atoms with van der Waals surface area (Å²) in [7, 11) is 1.57. The number of aromatic nitrogens is 1. The van der Waals surface area contributed by atoms with Gasteiger partial charge in [0.1, 0.15) is 18.8 Å². The molecule has 1 heterocycles. The Morgan fingerprint density at radius 2 is 2.60 bits per heavy atom. The van der Waals surface area contributed by atoms with Crippen LogP contribution >= 0.6 is 0 Å². The Bertz CT molecular complexity index is 162. The summed E-state index contributed by atoms with van der Waals surface area (Å²) in [4.78, 5) is 3.84. The highest BCUT2D eigenvalue weighted by Gasteiger charge is 1.93. The molecule has 0 spiro atoms. The van der Waals surface area contributed by atoms with Crippen LogP contribution in [0.1, 0.15) is 5.69 Å². The third kappa shape index (κ3) is 2.16. The van der Waals surface area contributed by atoms with E-state index in [2.05, 4.69) is 9.72 Å². The molecule has 0 unspecified atom stereocenters. The van der Waals surface area contributed by atoms with E-state index in [9.17, 15) is 0 Å². The standard InChI is InChI=1S/C6H9NO3/c1-8-5-10-3-6-2-9-4-7-6/h2,4H,3,5H2,1H3. The van der Waals surface area contributed by atoms with Crippen LogP contribution in [0.15, 0.2) is 17.1 Å². The maximum atomic E-state index is 4.98. The SMILES string of the molecule is COCOCc1cocn1. The zero-order valence-electron chi connectivity index (χ0n) is 5.74. The van der Waals surface area contributed by atoms with E-state index in [-0.39, 0.29) is 6.79 Å². The average Bonchev–Trinajstić information content (AvgIpc) is 2.41. The molecule has 0 atom stereocenters. The number of hydrogen-bond acceptors (Lipinski definition) is 4. The van der Waals surface area contributed by atoms with E-state index in [0.717, 1.165) is 5.69 Å². The summed E-state index contributed by atoms with van der Waals surface area (Å²) < 4.78 is 14.4. The van der Waals surface area contributed by atoms with Gasteiger partial charge in [0.05, 0.1) is 6.61 Å². The average molecular weight is 143 g/mol. The number of methoxy groups -OCH3 is 1. The minimum Gasteiger partial charge on any atom is -0.451 e. The molecule has 0 aliphatic rings. The summed E-state index contributed by atoms with van der Waals surface area (Å²) in [6.45, 7) is 0.719. The van der Waals surface area contributed by atoms with Gasteiger partial charge >= 0.3 is 0 Å². The lowest BCUT2D eigenvalue weighted by Crippen LogP contribution is -1.96. The molecule has 4 heteroatoms. The molecule has 0 aromatic carbocycles. The van der Waals surface area contributed by atoms with Crippen molar-refractivity contribution in [2.45, 2.75) is 6.61 Å². The first kappa shape index (κ1) is 7.24. The van der Waals surface area contributed by atoms with Gasteiger partial charge in [-0.3, -0.25) is 0 Å². The van der Waals surface area contributed by atoms with E-state index in [4.69, 9.17) is 9.15 Å². The van der Waals surface area contributed by atoms with Crippen molar-refractivity contribution in [1.29, 1.82) is 0 Å². The fourth-order valence-electron chi connectivity index (χ4n) is 0.538. The molecular weight excluding hydrogens is 134 g/mol. The van der Waals surface area contributed by atoms with Crippen molar-refractivity contribution in [3.05, 3.63) is 18.4 Å². The number of ether oxygens (including phenoxy) is 2. The van der Waals surface area contributed by atoms with Crippen LogP contribution in [0.2, 0.25) is 0 Å². The largest absolute Gasteiger partial charge is 0.451 e. The Morgan fingerprint density at radius 1 is 1.70 bits per heavy atom. The molecule has 0 bridgehead atoms. The topological polar surface area (TPSA) is 44.5 Å². The molecule has 0 amide bonds. The first-order valence-electron chi connectivity index (χ1n) is 2.87. The van der Waals surface area contributed by atoms with E-state index in [1.165, 1.54) is 12.7 Å². The third-order valence-corrected chi connectivity index (χ3v) is 0.935. The van der Waals surface area contributed by atoms with Crippen LogP contribution in [0.5, 0.6) is 0 Å². The molecule has 0 radical (unpaired) electrons. The predicted octanol–water partition coefficient (Wildman–Crippen LogP) is 0.795. The first-order chi connectivity index (χ1) is 4.93. The highest BCUT2D eigenvalue weighted by atomic mass is 16.7. The van der Waals surface area contributed by atoms with Crippen molar-refractivity contribution in [3.63, 3.8) is 0 Å². The van der Waals surface area contributed by atoms with Crippen molar-refractivity contribution in [2.75, 3.05) is 13.9 Å². The van der Waals surface area contributed by atoms with Crippen LogP contribution in [-0.4, -0.2) is 18.9 Å². The highest BCUT2D eigenvalue weighted by Crippen LogP contribution is 1.95. The fraction of sp³-hybridized carbons (Fsp3) is 0.500. The summed E-state index contributed by atoms with van der Waals surface area (Å²) in [5, 5.41) is 0. The lowest BCUT2D eigenvalue weighted by Gasteiger charge is -1.96. The second kappa shape index (κ2) is 4.03.